The van der Waals surface area contributed by atoms with Crippen molar-refractivity contribution in [3.8, 4) is 0 Å². The molecule has 2 aliphatic rings. The highest BCUT2D eigenvalue weighted by molar-refractivity contribution is 6.43. The van der Waals surface area contributed by atoms with Crippen LogP contribution in [0.5, 0.6) is 0 Å². The molecule has 2 amide bonds. The number of benzene rings is 2. The summed E-state index contributed by atoms with van der Waals surface area (Å²) in [4.78, 5) is 27.6. The quantitative estimate of drug-likeness (QED) is 0.672. The molecule has 162 valence electrons. The first-order chi connectivity index (χ1) is 14.7. The van der Waals surface area contributed by atoms with Crippen LogP contribution in [0, 0.1) is 0 Å². The van der Waals surface area contributed by atoms with Crippen molar-refractivity contribution < 1.29 is 19.4 Å². The molecule has 2 aromatic rings. The number of hydrogen-bond acceptors (Lipinski definition) is 3. The predicted molar refractivity (Wildman–Crippen MR) is 121 cm³/mol. The minimum Gasteiger partial charge on any atom is -0.465 e. The van der Waals surface area contributed by atoms with Crippen molar-refractivity contribution in [1.29, 1.82) is 0 Å². The first kappa shape index (κ1) is 21.7. The van der Waals surface area contributed by atoms with Crippen molar-refractivity contribution in [2.75, 3.05) is 18.1 Å². The van der Waals surface area contributed by atoms with Gasteiger partial charge < -0.3 is 14.7 Å². The third-order valence-corrected chi connectivity index (χ3v) is 6.54. The van der Waals surface area contributed by atoms with Crippen LogP contribution < -0.4 is 4.90 Å². The summed E-state index contributed by atoms with van der Waals surface area (Å²) in [5, 5.41) is 10.4. The van der Waals surface area contributed by atoms with Crippen LogP contribution in [0.15, 0.2) is 42.5 Å². The second-order valence-electron chi connectivity index (χ2n) is 8.02. The minimum atomic E-state index is -1.02. The van der Waals surface area contributed by atoms with Gasteiger partial charge in [0.1, 0.15) is 5.72 Å². The number of ether oxygens (including phenoxy) is 1. The van der Waals surface area contributed by atoms with Gasteiger partial charge in [-0.25, -0.2) is 4.79 Å². The largest absolute Gasteiger partial charge is 0.465 e. The Balaban J connectivity index is 1.50. The number of nitrogens with zero attached hydrogens (tertiary/aromatic N) is 2. The third kappa shape index (κ3) is 4.03. The second-order valence-corrected chi connectivity index (χ2v) is 8.81. The molecule has 31 heavy (non-hydrogen) atoms. The van der Waals surface area contributed by atoms with Gasteiger partial charge in [0.05, 0.1) is 22.7 Å². The minimum absolute atomic E-state index is 0.106. The fourth-order valence-corrected chi connectivity index (χ4v) is 4.52. The van der Waals surface area contributed by atoms with Crippen molar-refractivity contribution >= 4 is 47.0 Å². The van der Waals surface area contributed by atoms with Crippen LogP contribution in [0.4, 0.5) is 10.5 Å². The molecule has 1 saturated heterocycles. The smallest absolute Gasteiger partial charge is 0.410 e. The van der Waals surface area contributed by atoms with E-state index in [4.69, 9.17) is 27.9 Å². The standard InChI is InChI=1S/C23H22Cl2N2O4/c1-23(2)27(22(29)30)16(13-31-23)8-5-14-3-6-15(7-4-14)26-12-11-17-18(21(26)28)9-10-19(24)20(17)25/h3-10,16H,11-13H2,1-2H3,(H,29,30)/b8-5+. The Kier molecular flexibility index (Phi) is 5.73. The van der Waals surface area contributed by atoms with E-state index in [1.165, 1.54) is 4.90 Å². The van der Waals surface area contributed by atoms with E-state index in [2.05, 4.69) is 0 Å². The number of rotatable bonds is 3. The molecule has 0 spiro atoms. The molecule has 0 aliphatic carbocycles. The summed E-state index contributed by atoms with van der Waals surface area (Å²) in [6.07, 6.45) is 3.30. The van der Waals surface area contributed by atoms with Crippen LogP contribution in [-0.2, 0) is 11.2 Å². The summed E-state index contributed by atoms with van der Waals surface area (Å²) < 4.78 is 5.60. The first-order valence-corrected chi connectivity index (χ1v) is 10.7. The van der Waals surface area contributed by atoms with Crippen molar-refractivity contribution in [2.45, 2.75) is 32.0 Å². The summed E-state index contributed by atoms with van der Waals surface area (Å²) in [7, 11) is 0. The molecule has 1 N–H and O–H groups in total. The van der Waals surface area contributed by atoms with Crippen molar-refractivity contribution in [3.63, 3.8) is 0 Å². The van der Waals surface area contributed by atoms with Gasteiger partial charge in [0.2, 0.25) is 0 Å². The number of carbonyl (C=O) groups is 2. The second kappa shape index (κ2) is 8.19. The van der Waals surface area contributed by atoms with Crippen molar-refractivity contribution in [3.05, 3.63) is 69.2 Å². The molecule has 1 unspecified atom stereocenters. The van der Waals surface area contributed by atoms with Gasteiger partial charge in [-0.2, -0.15) is 0 Å². The molecule has 2 aliphatic heterocycles. The van der Waals surface area contributed by atoms with E-state index in [1.807, 2.05) is 36.4 Å². The highest BCUT2D eigenvalue weighted by Gasteiger charge is 2.42. The molecular weight excluding hydrogens is 439 g/mol. The van der Waals surface area contributed by atoms with Crippen LogP contribution in [0.25, 0.3) is 6.08 Å². The van der Waals surface area contributed by atoms with Gasteiger partial charge in [0.15, 0.2) is 0 Å². The van der Waals surface area contributed by atoms with Crippen LogP contribution in [0.1, 0.15) is 35.3 Å². The van der Waals surface area contributed by atoms with Gasteiger partial charge in [-0.1, -0.05) is 47.5 Å². The summed E-state index contributed by atoms with van der Waals surface area (Å²) in [6, 6.07) is 10.6. The number of anilines is 1. The van der Waals surface area contributed by atoms with Gasteiger partial charge in [-0.15, -0.1) is 0 Å². The molecular formula is C23H22Cl2N2O4. The number of carbonyl (C=O) groups excluding carboxylic acids is 1. The lowest BCUT2D eigenvalue weighted by Gasteiger charge is -2.30. The molecule has 0 aromatic heterocycles. The Morgan fingerprint density at radius 3 is 2.58 bits per heavy atom. The lowest BCUT2D eigenvalue weighted by molar-refractivity contribution is -0.0409. The molecule has 4 rings (SSSR count). The number of fused-ring (bicyclic) bond motifs is 1. The normalized spacial score (nSPS) is 20.4. The summed E-state index contributed by atoms with van der Waals surface area (Å²) in [5.74, 6) is -0.106. The molecule has 8 heteroatoms. The number of halogens is 2. The average molecular weight is 461 g/mol. The van der Waals surface area contributed by atoms with Crippen LogP contribution in [-0.4, -0.2) is 46.9 Å². The van der Waals surface area contributed by atoms with Crippen LogP contribution >= 0.6 is 23.2 Å². The van der Waals surface area contributed by atoms with E-state index in [1.54, 1.807) is 30.9 Å². The highest BCUT2D eigenvalue weighted by atomic mass is 35.5. The predicted octanol–water partition coefficient (Wildman–Crippen LogP) is 5.32. The fraction of sp³-hybridized carbons (Fsp3) is 0.304. The van der Waals surface area contributed by atoms with E-state index < -0.39 is 11.8 Å². The van der Waals surface area contributed by atoms with E-state index in [9.17, 15) is 14.7 Å². The van der Waals surface area contributed by atoms with E-state index in [0.717, 1.165) is 16.8 Å². The monoisotopic (exact) mass is 460 g/mol. The van der Waals surface area contributed by atoms with E-state index >= 15 is 0 Å². The Hall–Kier alpha value is -2.54. The summed E-state index contributed by atoms with van der Waals surface area (Å²) in [6.45, 7) is 4.29. The topological polar surface area (TPSA) is 70.1 Å². The van der Waals surface area contributed by atoms with E-state index in [-0.39, 0.29) is 11.9 Å². The highest BCUT2D eigenvalue weighted by Crippen LogP contribution is 2.34. The van der Waals surface area contributed by atoms with Gasteiger partial charge in [-0.3, -0.25) is 9.69 Å². The third-order valence-electron chi connectivity index (χ3n) is 5.70. The maximum Gasteiger partial charge on any atom is 0.410 e. The van der Waals surface area contributed by atoms with Crippen LogP contribution in [0.2, 0.25) is 10.0 Å². The number of hydrogen-bond donors (Lipinski definition) is 1. The van der Waals surface area contributed by atoms with E-state index in [0.29, 0.717) is 35.2 Å². The average Bonchev–Trinajstić information content (AvgIpc) is 3.04. The number of carboxylic acid groups (broad SMARTS) is 1. The molecule has 2 aromatic carbocycles. The van der Waals surface area contributed by atoms with Gasteiger partial charge >= 0.3 is 6.09 Å². The Morgan fingerprint density at radius 2 is 1.90 bits per heavy atom. The SMILES string of the molecule is CC1(C)OCC(/C=C/c2ccc(N3CCc4c(ccc(Cl)c4Cl)C3=O)cc2)N1C(=O)O. The Morgan fingerprint density at radius 1 is 1.19 bits per heavy atom. The Bertz CT molecular complexity index is 1070. The van der Waals surface area contributed by atoms with Gasteiger partial charge in [0, 0.05) is 17.8 Å². The zero-order valence-corrected chi connectivity index (χ0v) is 18.7. The van der Waals surface area contributed by atoms with Crippen molar-refractivity contribution in [2.24, 2.45) is 0 Å². The number of amides is 2. The maximum absolute atomic E-state index is 13.0. The molecule has 0 saturated carbocycles. The maximum atomic E-state index is 13.0. The summed E-state index contributed by atoms with van der Waals surface area (Å²) in [5.41, 5.74) is 2.19. The lowest BCUT2D eigenvalue weighted by atomic mass is 9.98. The van der Waals surface area contributed by atoms with Crippen LogP contribution in [0.3, 0.4) is 0 Å². The zero-order chi connectivity index (χ0) is 22.3. The fourth-order valence-electron chi connectivity index (χ4n) is 4.09. The molecule has 6 nitrogen and oxygen atoms in total. The Labute approximate surface area is 190 Å². The van der Waals surface area contributed by atoms with Gasteiger partial charge in [-0.05, 0) is 55.7 Å². The first-order valence-electron chi connectivity index (χ1n) is 9.92. The van der Waals surface area contributed by atoms with Gasteiger partial charge in [0.25, 0.3) is 5.91 Å². The molecule has 2 heterocycles. The summed E-state index contributed by atoms with van der Waals surface area (Å²) >= 11 is 12.3. The lowest BCUT2D eigenvalue weighted by Crippen LogP contribution is -2.46. The zero-order valence-electron chi connectivity index (χ0n) is 17.1. The van der Waals surface area contributed by atoms with Crippen molar-refractivity contribution in [1.82, 2.24) is 4.90 Å². The molecule has 0 bridgehead atoms. The molecule has 1 fully saturated rings. The molecule has 1 atom stereocenters. The molecule has 0 radical (unpaired) electrons.